The number of aromatic nitrogens is 4. The van der Waals surface area contributed by atoms with Crippen LogP contribution < -0.4 is 32.1 Å². The number of rotatable bonds is 3. The molecule has 0 aromatic carbocycles. The Balaban J connectivity index is 1.52. The van der Waals surface area contributed by atoms with Crippen molar-refractivity contribution >= 4 is 16.8 Å². The van der Waals surface area contributed by atoms with Gasteiger partial charge >= 0.3 is 0 Å². The summed E-state index contributed by atoms with van der Waals surface area (Å²) < 4.78 is 0. The standard InChI is InChI=1S/C32H17N13/c1-15-9-36-12-23-26(15)43-30(40-23)19(7-33)18-5-21(20(8-34)31-41-24-13-37-10-16(2)27(24)44-31)39-22(6-18)29(35-4)32-42-25-14-38-11-17(3)28(25)45-32/h5-6,9-14H,1-3H3/b30-19+,31-20+,32-29-. The molecule has 7 rings (SSSR count). The summed E-state index contributed by atoms with van der Waals surface area (Å²) in [5.74, 6) is 0.442. The van der Waals surface area contributed by atoms with E-state index in [-0.39, 0.29) is 45.7 Å². The van der Waals surface area contributed by atoms with Gasteiger partial charge in [-0.3, -0.25) is 19.9 Å². The molecule has 45 heavy (non-hydrogen) atoms. The summed E-state index contributed by atoms with van der Waals surface area (Å²) >= 11 is 0. The summed E-state index contributed by atoms with van der Waals surface area (Å²) in [6.45, 7) is 13.6. The second-order valence-corrected chi connectivity index (χ2v) is 10.2. The van der Waals surface area contributed by atoms with Crippen molar-refractivity contribution in [2.45, 2.75) is 20.8 Å². The largest absolute Gasteiger partial charge is 0.262 e. The lowest BCUT2D eigenvalue weighted by atomic mass is 10.0. The maximum absolute atomic E-state index is 10.4. The van der Waals surface area contributed by atoms with E-state index in [4.69, 9.17) is 11.6 Å². The van der Waals surface area contributed by atoms with Gasteiger partial charge in [-0.25, -0.2) is 34.8 Å². The summed E-state index contributed by atoms with van der Waals surface area (Å²) in [6.07, 6.45) is 9.71. The highest BCUT2D eigenvalue weighted by molar-refractivity contribution is 5.86. The van der Waals surface area contributed by atoms with Crippen LogP contribution in [0.15, 0.2) is 96.7 Å². The van der Waals surface area contributed by atoms with Gasteiger partial charge in [0.25, 0.3) is 5.70 Å². The molecule has 0 saturated carbocycles. The van der Waals surface area contributed by atoms with E-state index in [1.807, 2.05) is 20.8 Å². The van der Waals surface area contributed by atoms with Gasteiger partial charge in [0.05, 0.1) is 52.6 Å². The fraction of sp³-hybridized carbons (Fsp3) is 0.0938. The minimum absolute atomic E-state index is 0.0190. The molecule has 3 aliphatic rings. The molecule has 0 radical (unpaired) electrons. The first kappa shape index (κ1) is 27.0. The third kappa shape index (κ3) is 4.47. The SMILES string of the molecule is [C-]#[N+]/C(=C1/N=c2cncc(C)c2=N1)c1cc(/C(C#N)=C2\N=c3cncc(C)c3=N2)cc(/C(C#N)=C2\N=c3cncc(C)c3=N2)n1. The highest BCUT2D eigenvalue weighted by atomic mass is 15.0. The van der Waals surface area contributed by atoms with Gasteiger partial charge in [-0.05, 0) is 55.2 Å². The van der Waals surface area contributed by atoms with E-state index >= 15 is 0 Å². The van der Waals surface area contributed by atoms with E-state index in [9.17, 15) is 10.5 Å². The average molecular weight is 584 g/mol. The van der Waals surface area contributed by atoms with Gasteiger partial charge in [-0.15, -0.1) is 0 Å². The van der Waals surface area contributed by atoms with Crippen molar-refractivity contribution in [3.05, 3.63) is 144 Å². The smallest absolute Gasteiger partial charge is 0.255 e. The Kier molecular flexibility index (Phi) is 6.24. The number of hydrogen-bond donors (Lipinski definition) is 0. The topological polar surface area (TPSA) is 178 Å². The van der Waals surface area contributed by atoms with Gasteiger partial charge in [0.1, 0.15) is 39.4 Å². The lowest BCUT2D eigenvalue weighted by Gasteiger charge is -2.09. The molecule has 13 heteroatoms. The molecular formula is C32H17N13. The Hall–Kier alpha value is -6.91. The van der Waals surface area contributed by atoms with Crippen molar-refractivity contribution < 1.29 is 0 Å². The zero-order valence-corrected chi connectivity index (χ0v) is 23.9. The zero-order valence-electron chi connectivity index (χ0n) is 23.9. The maximum atomic E-state index is 10.4. The quantitative estimate of drug-likeness (QED) is 0.256. The lowest BCUT2D eigenvalue weighted by molar-refractivity contribution is 1.16. The molecule has 0 bridgehead atoms. The predicted molar refractivity (Wildman–Crippen MR) is 157 cm³/mol. The van der Waals surface area contributed by atoms with Gasteiger partial charge in [-0.1, -0.05) is 0 Å². The molecule has 4 aromatic rings. The summed E-state index contributed by atoms with van der Waals surface area (Å²) in [6, 6.07) is 7.51. The third-order valence-electron chi connectivity index (χ3n) is 7.18. The highest BCUT2D eigenvalue weighted by Crippen LogP contribution is 2.30. The highest BCUT2D eigenvalue weighted by Gasteiger charge is 2.23. The molecule has 210 valence electrons. The van der Waals surface area contributed by atoms with Crippen LogP contribution in [0.2, 0.25) is 0 Å². The first-order valence-electron chi connectivity index (χ1n) is 13.5. The minimum Gasteiger partial charge on any atom is -0.262 e. The fourth-order valence-electron chi connectivity index (χ4n) is 4.99. The van der Waals surface area contributed by atoms with Crippen molar-refractivity contribution in [1.29, 1.82) is 10.5 Å². The first-order chi connectivity index (χ1) is 21.9. The van der Waals surface area contributed by atoms with Gasteiger partial charge in [0.15, 0.2) is 17.5 Å². The molecule has 0 saturated heterocycles. The first-order valence-corrected chi connectivity index (χ1v) is 13.5. The molecule has 0 N–H and O–H groups in total. The van der Waals surface area contributed by atoms with E-state index in [1.165, 1.54) is 0 Å². The number of aryl methyl sites for hydroxylation is 3. The van der Waals surface area contributed by atoms with Crippen LogP contribution in [0.1, 0.15) is 33.6 Å². The van der Waals surface area contributed by atoms with Crippen LogP contribution in [-0.2, 0) is 0 Å². The van der Waals surface area contributed by atoms with Gasteiger partial charge in [0, 0.05) is 18.6 Å². The van der Waals surface area contributed by atoms with Crippen LogP contribution in [0.5, 0.6) is 0 Å². The van der Waals surface area contributed by atoms with Gasteiger partial charge < -0.3 is 0 Å². The number of hydrogen-bond acceptors (Lipinski definition) is 12. The number of nitriles is 2. The lowest BCUT2D eigenvalue weighted by Crippen LogP contribution is -2.24. The molecule has 7 heterocycles. The number of fused-ring (bicyclic) bond motifs is 3. The second-order valence-electron chi connectivity index (χ2n) is 10.2. The average Bonchev–Trinajstić information content (AvgIpc) is 3.77. The number of allylic oxidation sites excluding steroid dienone is 2. The third-order valence-corrected chi connectivity index (χ3v) is 7.18. The van der Waals surface area contributed by atoms with Crippen molar-refractivity contribution in [2.75, 3.05) is 0 Å². The monoisotopic (exact) mass is 583 g/mol. The predicted octanol–water partition coefficient (Wildman–Crippen LogP) is 0.981. The van der Waals surface area contributed by atoms with Crippen LogP contribution in [0, 0.1) is 50.0 Å². The van der Waals surface area contributed by atoms with Crippen molar-refractivity contribution in [1.82, 2.24) is 19.9 Å². The molecule has 0 spiro atoms. The molecule has 0 atom stereocenters. The van der Waals surface area contributed by atoms with E-state index < -0.39 is 0 Å². The summed E-state index contributed by atoms with van der Waals surface area (Å²) in [5, 5.41) is 24.1. The van der Waals surface area contributed by atoms with Crippen LogP contribution >= 0.6 is 0 Å². The van der Waals surface area contributed by atoms with Crippen molar-refractivity contribution in [3.8, 4) is 12.1 Å². The Morgan fingerprint density at radius 2 is 1.04 bits per heavy atom. The number of pyridine rings is 4. The Bertz CT molecular complexity index is 2350. The van der Waals surface area contributed by atoms with Crippen molar-refractivity contribution in [3.63, 3.8) is 0 Å². The Morgan fingerprint density at radius 1 is 0.600 bits per heavy atom. The molecule has 3 aliphatic heterocycles. The normalized spacial score (nSPS) is 16.8. The number of nitrogens with zero attached hydrogens (tertiary/aromatic N) is 13. The molecular weight excluding hydrogens is 566 g/mol. The second kappa shape index (κ2) is 10.4. The Labute approximate surface area is 254 Å². The van der Waals surface area contributed by atoms with Crippen LogP contribution in [0.25, 0.3) is 21.7 Å². The molecule has 0 fully saturated rings. The van der Waals surface area contributed by atoms with E-state index in [0.717, 1.165) is 16.7 Å². The van der Waals surface area contributed by atoms with E-state index in [2.05, 4.69) is 61.9 Å². The van der Waals surface area contributed by atoms with Crippen LogP contribution in [0.3, 0.4) is 0 Å². The van der Waals surface area contributed by atoms with E-state index in [0.29, 0.717) is 37.7 Å². The Morgan fingerprint density at radius 3 is 1.51 bits per heavy atom. The molecule has 0 unspecified atom stereocenters. The summed E-state index contributed by atoms with van der Waals surface area (Å²) in [5.41, 5.74) is 3.18. The van der Waals surface area contributed by atoms with Gasteiger partial charge in [-0.2, -0.15) is 10.5 Å². The van der Waals surface area contributed by atoms with Crippen LogP contribution in [0.4, 0.5) is 0 Å². The molecule has 13 nitrogen and oxygen atoms in total. The minimum atomic E-state index is 0.0190. The molecule has 4 aromatic heterocycles. The summed E-state index contributed by atoms with van der Waals surface area (Å²) in [4.78, 5) is 48.4. The van der Waals surface area contributed by atoms with E-state index in [1.54, 1.807) is 49.3 Å². The molecule has 0 aliphatic carbocycles. The summed E-state index contributed by atoms with van der Waals surface area (Å²) in [7, 11) is 0. The van der Waals surface area contributed by atoms with Crippen LogP contribution in [-0.4, -0.2) is 19.9 Å². The zero-order chi connectivity index (χ0) is 31.2. The fourth-order valence-corrected chi connectivity index (χ4v) is 4.99. The maximum Gasteiger partial charge on any atom is 0.255 e. The molecule has 0 amide bonds. The van der Waals surface area contributed by atoms with Gasteiger partial charge in [0.2, 0.25) is 0 Å². The van der Waals surface area contributed by atoms with Crippen molar-refractivity contribution in [2.24, 2.45) is 30.0 Å².